The Bertz CT molecular complexity index is 976. The Morgan fingerprint density at radius 3 is 2.60 bits per heavy atom. The number of carbonyl (C=O) groups excluding carboxylic acids is 1. The molecule has 4 rings (SSSR count). The number of morpholine rings is 1. The van der Waals surface area contributed by atoms with Gasteiger partial charge >= 0.3 is 0 Å². The third-order valence-corrected chi connectivity index (χ3v) is 5.35. The SMILES string of the molecule is O=C(CCc1ccc(F)cc1)N1CCOC(c2cccc(Cc3ccccc3)n2)C1. The van der Waals surface area contributed by atoms with Gasteiger partial charge in [0.25, 0.3) is 0 Å². The van der Waals surface area contributed by atoms with E-state index in [1.165, 1.54) is 17.7 Å². The molecule has 1 aromatic heterocycles. The highest BCUT2D eigenvalue weighted by Gasteiger charge is 2.26. The van der Waals surface area contributed by atoms with Gasteiger partial charge in [0.1, 0.15) is 11.9 Å². The first-order chi connectivity index (χ1) is 14.7. The second kappa shape index (κ2) is 9.63. The zero-order chi connectivity index (χ0) is 20.8. The first-order valence-electron chi connectivity index (χ1n) is 10.3. The van der Waals surface area contributed by atoms with Crippen LogP contribution < -0.4 is 0 Å². The van der Waals surface area contributed by atoms with Crippen LogP contribution in [0.3, 0.4) is 0 Å². The second-order valence-electron chi connectivity index (χ2n) is 7.54. The van der Waals surface area contributed by atoms with Crippen LogP contribution in [0.2, 0.25) is 0 Å². The second-order valence-corrected chi connectivity index (χ2v) is 7.54. The molecule has 2 heterocycles. The number of hydrogen-bond acceptors (Lipinski definition) is 3. The molecule has 0 bridgehead atoms. The van der Waals surface area contributed by atoms with E-state index in [9.17, 15) is 9.18 Å². The summed E-state index contributed by atoms with van der Waals surface area (Å²) in [6.45, 7) is 1.59. The van der Waals surface area contributed by atoms with Crippen molar-refractivity contribution in [1.82, 2.24) is 9.88 Å². The zero-order valence-corrected chi connectivity index (χ0v) is 16.8. The molecule has 0 saturated carbocycles. The summed E-state index contributed by atoms with van der Waals surface area (Å²) < 4.78 is 19.0. The van der Waals surface area contributed by atoms with Gasteiger partial charge in [-0.1, -0.05) is 48.5 Å². The van der Waals surface area contributed by atoms with Crippen LogP contribution in [0.4, 0.5) is 4.39 Å². The molecule has 2 aromatic carbocycles. The average molecular weight is 404 g/mol. The Balaban J connectivity index is 1.36. The Morgan fingerprint density at radius 2 is 1.80 bits per heavy atom. The molecule has 1 saturated heterocycles. The lowest BCUT2D eigenvalue weighted by atomic mass is 10.1. The van der Waals surface area contributed by atoms with Crippen molar-refractivity contribution in [3.63, 3.8) is 0 Å². The number of carbonyl (C=O) groups is 1. The van der Waals surface area contributed by atoms with Crippen LogP contribution >= 0.6 is 0 Å². The summed E-state index contributed by atoms with van der Waals surface area (Å²) in [7, 11) is 0. The molecule has 1 unspecified atom stereocenters. The van der Waals surface area contributed by atoms with E-state index in [2.05, 4.69) is 12.1 Å². The number of halogens is 1. The molecule has 4 nitrogen and oxygen atoms in total. The minimum atomic E-state index is -0.261. The van der Waals surface area contributed by atoms with Gasteiger partial charge in [-0.25, -0.2) is 4.39 Å². The molecule has 0 radical (unpaired) electrons. The summed E-state index contributed by atoms with van der Waals surface area (Å²) in [5.41, 5.74) is 4.02. The number of rotatable bonds is 6. The largest absolute Gasteiger partial charge is 0.368 e. The van der Waals surface area contributed by atoms with E-state index in [0.29, 0.717) is 32.5 Å². The van der Waals surface area contributed by atoms with Gasteiger partial charge in [0, 0.05) is 25.1 Å². The maximum atomic E-state index is 13.0. The highest BCUT2D eigenvalue weighted by Crippen LogP contribution is 2.22. The van der Waals surface area contributed by atoms with Gasteiger partial charge < -0.3 is 9.64 Å². The number of benzene rings is 2. The molecule has 30 heavy (non-hydrogen) atoms. The number of amides is 1. The molecule has 1 atom stereocenters. The summed E-state index contributed by atoms with van der Waals surface area (Å²) in [6, 6.07) is 22.5. The van der Waals surface area contributed by atoms with Crippen LogP contribution in [0.25, 0.3) is 0 Å². The van der Waals surface area contributed by atoms with Gasteiger partial charge in [-0.05, 0) is 41.8 Å². The fourth-order valence-corrected chi connectivity index (χ4v) is 3.70. The minimum Gasteiger partial charge on any atom is -0.368 e. The molecule has 0 N–H and O–H groups in total. The van der Waals surface area contributed by atoms with Crippen molar-refractivity contribution in [3.05, 3.63) is 101 Å². The molecular weight excluding hydrogens is 379 g/mol. The van der Waals surface area contributed by atoms with E-state index in [-0.39, 0.29) is 17.8 Å². The summed E-state index contributed by atoms with van der Waals surface area (Å²) in [6.07, 6.45) is 1.55. The third-order valence-electron chi connectivity index (χ3n) is 5.35. The van der Waals surface area contributed by atoms with E-state index < -0.39 is 0 Å². The van der Waals surface area contributed by atoms with Crippen LogP contribution in [0.15, 0.2) is 72.8 Å². The number of ether oxygens (including phenoxy) is 1. The molecule has 154 valence electrons. The van der Waals surface area contributed by atoms with Crippen LogP contribution in [-0.2, 0) is 22.4 Å². The number of hydrogen-bond donors (Lipinski definition) is 0. The molecular formula is C25H25FN2O2. The van der Waals surface area contributed by atoms with Gasteiger partial charge in [0.15, 0.2) is 0 Å². The zero-order valence-electron chi connectivity index (χ0n) is 16.8. The van der Waals surface area contributed by atoms with E-state index in [1.54, 1.807) is 12.1 Å². The van der Waals surface area contributed by atoms with Gasteiger partial charge in [-0.3, -0.25) is 9.78 Å². The highest BCUT2D eigenvalue weighted by molar-refractivity contribution is 5.76. The lowest BCUT2D eigenvalue weighted by molar-refractivity contribution is -0.139. The highest BCUT2D eigenvalue weighted by atomic mass is 19.1. The Labute approximate surface area is 176 Å². The number of aromatic nitrogens is 1. The van der Waals surface area contributed by atoms with Gasteiger partial charge in [0.05, 0.1) is 18.8 Å². The monoisotopic (exact) mass is 404 g/mol. The standard InChI is InChI=1S/C25H25FN2O2/c26-21-12-9-19(10-13-21)11-14-25(29)28-15-16-30-24(18-28)23-8-4-7-22(27-23)17-20-5-2-1-3-6-20/h1-10,12-13,24H,11,14-18H2. The van der Waals surface area contributed by atoms with Gasteiger partial charge in [0.2, 0.25) is 5.91 Å². The summed E-state index contributed by atoms with van der Waals surface area (Å²) in [5, 5.41) is 0. The van der Waals surface area contributed by atoms with Crippen LogP contribution in [-0.4, -0.2) is 35.5 Å². The van der Waals surface area contributed by atoms with E-state index in [1.807, 2.05) is 41.3 Å². The maximum absolute atomic E-state index is 13.0. The molecule has 5 heteroatoms. The van der Waals surface area contributed by atoms with E-state index >= 15 is 0 Å². The molecule has 1 aliphatic rings. The molecule has 0 aliphatic carbocycles. The normalized spacial score (nSPS) is 16.4. The fourth-order valence-electron chi connectivity index (χ4n) is 3.70. The van der Waals surface area contributed by atoms with Crippen molar-refractivity contribution < 1.29 is 13.9 Å². The molecule has 1 fully saturated rings. The molecule has 1 aliphatic heterocycles. The van der Waals surface area contributed by atoms with E-state index in [4.69, 9.17) is 9.72 Å². The topological polar surface area (TPSA) is 42.4 Å². The van der Waals surface area contributed by atoms with Gasteiger partial charge in [-0.2, -0.15) is 0 Å². The predicted octanol–water partition coefficient (Wildman–Crippen LogP) is 4.34. The number of pyridine rings is 1. The first kappa shape index (κ1) is 20.2. The van der Waals surface area contributed by atoms with Crippen molar-refractivity contribution >= 4 is 5.91 Å². The van der Waals surface area contributed by atoms with Gasteiger partial charge in [-0.15, -0.1) is 0 Å². The minimum absolute atomic E-state index is 0.0908. The van der Waals surface area contributed by atoms with Crippen molar-refractivity contribution in [1.29, 1.82) is 0 Å². The molecule has 1 amide bonds. The fraction of sp³-hybridized carbons (Fsp3) is 0.280. The molecule has 0 spiro atoms. The van der Waals surface area contributed by atoms with Crippen molar-refractivity contribution in [2.24, 2.45) is 0 Å². The van der Waals surface area contributed by atoms with E-state index in [0.717, 1.165) is 23.4 Å². The van der Waals surface area contributed by atoms with Crippen molar-refractivity contribution in [2.45, 2.75) is 25.4 Å². The van der Waals surface area contributed by atoms with Crippen LogP contribution in [0, 0.1) is 5.82 Å². The summed E-state index contributed by atoms with van der Waals surface area (Å²) in [5.74, 6) is -0.170. The quantitative estimate of drug-likeness (QED) is 0.614. The Hall–Kier alpha value is -3.05. The Morgan fingerprint density at radius 1 is 1.00 bits per heavy atom. The van der Waals surface area contributed by atoms with Crippen molar-refractivity contribution in [2.75, 3.05) is 19.7 Å². The first-order valence-corrected chi connectivity index (χ1v) is 10.3. The van der Waals surface area contributed by atoms with Crippen molar-refractivity contribution in [3.8, 4) is 0 Å². The average Bonchev–Trinajstić information content (AvgIpc) is 2.79. The van der Waals surface area contributed by atoms with Crippen LogP contribution in [0.5, 0.6) is 0 Å². The number of nitrogens with zero attached hydrogens (tertiary/aromatic N) is 2. The third kappa shape index (κ3) is 5.30. The number of aryl methyl sites for hydroxylation is 1. The summed E-state index contributed by atoms with van der Waals surface area (Å²) in [4.78, 5) is 19.3. The van der Waals surface area contributed by atoms with Crippen LogP contribution in [0.1, 0.15) is 35.0 Å². The molecule has 3 aromatic rings. The lowest BCUT2D eigenvalue weighted by Crippen LogP contribution is -2.42. The lowest BCUT2D eigenvalue weighted by Gasteiger charge is -2.33. The maximum Gasteiger partial charge on any atom is 0.223 e. The smallest absolute Gasteiger partial charge is 0.223 e. The summed E-state index contributed by atoms with van der Waals surface area (Å²) >= 11 is 0. The Kier molecular flexibility index (Phi) is 6.50. The predicted molar refractivity (Wildman–Crippen MR) is 113 cm³/mol.